The highest BCUT2D eigenvalue weighted by molar-refractivity contribution is 7.90. The fourth-order valence-corrected chi connectivity index (χ4v) is 3.67. The van der Waals surface area contributed by atoms with Gasteiger partial charge in [-0.25, -0.2) is 18.6 Å². The predicted molar refractivity (Wildman–Crippen MR) is 68.2 cm³/mol. The number of nitro groups is 1. The quantitative estimate of drug-likeness (QED) is 0.318. The van der Waals surface area contributed by atoms with Crippen molar-refractivity contribution in [2.75, 3.05) is 0 Å². The Morgan fingerprint density at radius 1 is 1.48 bits per heavy atom. The van der Waals surface area contributed by atoms with Crippen molar-refractivity contribution in [2.45, 2.75) is 17.9 Å². The molecule has 1 unspecified atom stereocenters. The third-order valence-electron chi connectivity index (χ3n) is 3.01. The van der Waals surface area contributed by atoms with E-state index in [4.69, 9.17) is 5.84 Å². The summed E-state index contributed by atoms with van der Waals surface area (Å²) in [6.45, 7) is 1.18. The van der Waals surface area contributed by atoms with Gasteiger partial charge in [-0.15, -0.1) is 0 Å². The van der Waals surface area contributed by atoms with Crippen molar-refractivity contribution >= 4 is 27.5 Å². The summed E-state index contributed by atoms with van der Waals surface area (Å²) in [5.74, 6) is 3.03. The first-order valence-corrected chi connectivity index (χ1v) is 7.03. The van der Waals surface area contributed by atoms with E-state index in [2.05, 4.69) is 0 Å². The van der Waals surface area contributed by atoms with E-state index >= 15 is 0 Å². The fraction of sp³-hybridized carbons (Fsp3) is 0.200. The van der Waals surface area contributed by atoms with Crippen molar-refractivity contribution in [1.29, 1.82) is 0 Å². The molecule has 0 saturated heterocycles. The Bertz CT molecular complexity index is 759. The van der Waals surface area contributed by atoms with E-state index in [0.717, 1.165) is 18.2 Å². The lowest BCUT2D eigenvalue weighted by molar-refractivity contribution is -0.384. The van der Waals surface area contributed by atoms with Crippen molar-refractivity contribution in [1.82, 2.24) is 9.73 Å². The molecule has 0 saturated carbocycles. The number of hydrogen-bond donors (Lipinski definition) is 2. The van der Waals surface area contributed by atoms with E-state index in [1.165, 1.54) is 6.92 Å². The summed E-state index contributed by atoms with van der Waals surface area (Å²) in [7, 11) is -4.25. The van der Waals surface area contributed by atoms with E-state index in [0.29, 0.717) is 4.31 Å². The lowest BCUT2D eigenvalue weighted by Gasteiger charge is -2.21. The zero-order valence-corrected chi connectivity index (χ0v) is 11.5. The van der Waals surface area contributed by atoms with Gasteiger partial charge in [0.15, 0.2) is 0 Å². The number of amides is 2. The van der Waals surface area contributed by atoms with Gasteiger partial charge in [-0.2, -0.15) is 0 Å². The third-order valence-corrected chi connectivity index (χ3v) is 4.93. The van der Waals surface area contributed by atoms with Gasteiger partial charge in [0.2, 0.25) is 0 Å². The minimum atomic E-state index is -4.25. The first kappa shape index (κ1) is 14.9. The second kappa shape index (κ2) is 4.79. The summed E-state index contributed by atoms with van der Waals surface area (Å²) in [5, 5.41) is 10.7. The summed E-state index contributed by atoms with van der Waals surface area (Å²) in [6, 6.07) is 1.43. The number of benzene rings is 1. The maximum Gasteiger partial charge on any atom is 0.270 e. The minimum absolute atomic E-state index is 0.346. The van der Waals surface area contributed by atoms with Gasteiger partial charge < -0.3 is 0 Å². The van der Waals surface area contributed by atoms with E-state index in [9.17, 15) is 28.1 Å². The molecule has 112 valence electrons. The van der Waals surface area contributed by atoms with Crippen LogP contribution in [0.1, 0.15) is 17.3 Å². The summed E-state index contributed by atoms with van der Waals surface area (Å²) in [5.41, 5.74) is 0.983. The van der Waals surface area contributed by atoms with Gasteiger partial charge in [0, 0.05) is 12.1 Å². The molecular formula is C10H10N4O6S. The molecule has 0 radical (unpaired) electrons. The summed E-state index contributed by atoms with van der Waals surface area (Å²) < 4.78 is 24.9. The molecule has 1 aliphatic rings. The number of nitrogens with one attached hydrogen (secondary N) is 1. The van der Waals surface area contributed by atoms with E-state index in [1.807, 2.05) is 0 Å². The number of hydrogen-bond acceptors (Lipinski definition) is 7. The summed E-state index contributed by atoms with van der Waals surface area (Å²) in [6.07, 6.45) is 0. The van der Waals surface area contributed by atoms with Crippen LogP contribution in [0.5, 0.6) is 0 Å². The highest BCUT2D eigenvalue weighted by Gasteiger charge is 2.46. The van der Waals surface area contributed by atoms with Crippen LogP contribution in [0.3, 0.4) is 0 Å². The number of sulfonamides is 1. The molecule has 10 nitrogen and oxygen atoms in total. The maximum absolute atomic E-state index is 12.3. The van der Waals surface area contributed by atoms with Crippen LogP contribution in [0.4, 0.5) is 5.69 Å². The van der Waals surface area contributed by atoms with Crippen LogP contribution in [0.25, 0.3) is 0 Å². The molecule has 11 heteroatoms. The fourth-order valence-electron chi connectivity index (χ4n) is 1.97. The van der Waals surface area contributed by atoms with Gasteiger partial charge in [-0.05, 0) is 13.0 Å². The SMILES string of the molecule is CC(C(=O)NN)N1C(=O)c2cc([N+](=O)[O-])ccc2S1(=O)=O. The second-order valence-corrected chi connectivity index (χ2v) is 6.01. The lowest BCUT2D eigenvalue weighted by Crippen LogP contribution is -2.49. The van der Waals surface area contributed by atoms with Gasteiger partial charge in [-0.3, -0.25) is 25.1 Å². The molecule has 0 fully saturated rings. The molecule has 0 bridgehead atoms. The number of non-ortho nitro benzene ring substituents is 1. The third kappa shape index (κ3) is 2.11. The number of rotatable bonds is 3. The van der Waals surface area contributed by atoms with Crippen LogP contribution in [-0.2, 0) is 14.8 Å². The monoisotopic (exact) mass is 314 g/mol. The van der Waals surface area contributed by atoms with Crippen LogP contribution in [0.15, 0.2) is 23.1 Å². The Morgan fingerprint density at radius 3 is 2.62 bits per heavy atom. The zero-order valence-electron chi connectivity index (χ0n) is 10.6. The minimum Gasteiger partial charge on any atom is -0.292 e. The summed E-state index contributed by atoms with van der Waals surface area (Å²) >= 11 is 0. The summed E-state index contributed by atoms with van der Waals surface area (Å²) in [4.78, 5) is 33.2. The second-order valence-electron chi connectivity index (χ2n) is 4.23. The zero-order chi connectivity index (χ0) is 15.9. The van der Waals surface area contributed by atoms with Gasteiger partial charge >= 0.3 is 0 Å². The maximum atomic E-state index is 12.3. The van der Waals surface area contributed by atoms with E-state index in [1.54, 1.807) is 5.43 Å². The van der Waals surface area contributed by atoms with Crippen molar-refractivity contribution in [2.24, 2.45) is 5.84 Å². The molecule has 0 aromatic heterocycles. The highest BCUT2D eigenvalue weighted by atomic mass is 32.2. The van der Waals surface area contributed by atoms with E-state index in [-0.39, 0.29) is 10.5 Å². The molecule has 1 heterocycles. The van der Waals surface area contributed by atoms with Crippen molar-refractivity contribution in [3.8, 4) is 0 Å². The molecule has 3 N–H and O–H groups in total. The van der Waals surface area contributed by atoms with E-state index < -0.39 is 38.5 Å². The molecule has 0 aliphatic carbocycles. The number of nitrogens with two attached hydrogens (primary N) is 1. The van der Waals surface area contributed by atoms with Gasteiger partial charge in [0.05, 0.1) is 10.5 Å². The largest absolute Gasteiger partial charge is 0.292 e. The highest BCUT2D eigenvalue weighted by Crippen LogP contribution is 2.34. The molecule has 1 atom stereocenters. The number of hydrazine groups is 1. The number of nitrogens with zero attached hydrogens (tertiary/aromatic N) is 2. The molecule has 1 aliphatic heterocycles. The number of nitro benzene ring substituents is 1. The average molecular weight is 314 g/mol. The van der Waals surface area contributed by atoms with Gasteiger partial charge in [0.25, 0.3) is 27.5 Å². The Balaban J connectivity index is 2.59. The van der Waals surface area contributed by atoms with Crippen LogP contribution in [0, 0.1) is 10.1 Å². The van der Waals surface area contributed by atoms with Crippen LogP contribution in [-0.4, -0.2) is 35.5 Å². The molecule has 2 rings (SSSR count). The normalized spacial score (nSPS) is 17.2. The Labute approximate surface area is 118 Å². The average Bonchev–Trinajstić information content (AvgIpc) is 2.64. The molecule has 1 aromatic carbocycles. The van der Waals surface area contributed by atoms with Crippen molar-refractivity contribution in [3.63, 3.8) is 0 Å². The molecule has 2 amide bonds. The van der Waals surface area contributed by atoms with Crippen LogP contribution < -0.4 is 11.3 Å². The standard InChI is InChI=1S/C10H10N4O6S/c1-5(9(15)12-11)13-10(16)7-4-6(14(17)18)2-3-8(7)21(13,19)20/h2-5H,11H2,1H3,(H,12,15). The van der Waals surface area contributed by atoms with Gasteiger partial charge in [-0.1, -0.05) is 0 Å². The molecule has 1 aromatic rings. The predicted octanol–water partition coefficient (Wildman–Crippen LogP) is -0.882. The van der Waals surface area contributed by atoms with Crippen molar-refractivity contribution < 1.29 is 22.9 Å². The van der Waals surface area contributed by atoms with Crippen molar-refractivity contribution in [3.05, 3.63) is 33.9 Å². The molecule has 0 spiro atoms. The van der Waals surface area contributed by atoms with Crippen LogP contribution >= 0.6 is 0 Å². The molecular weight excluding hydrogens is 304 g/mol. The topological polar surface area (TPSA) is 153 Å². The number of carbonyl (C=O) groups excluding carboxylic acids is 2. The van der Waals surface area contributed by atoms with Crippen LogP contribution in [0.2, 0.25) is 0 Å². The number of carbonyl (C=O) groups is 2. The Hall–Kier alpha value is -2.53. The first-order valence-electron chi connectivity index (χ1n) is 5.59. The first-order chi connectivity index (χ1) is 9.71. The molecule has 21 heavy (non-hydrogen) atoms. The smallest absolute Gasteiger partial charge is 0.270 e. The number of fused-ring (bicyclic) bond motifs is 1. The lowest BCUT2D eigenvalue weighted by atomic mass is 10.1. The van der Waals surface area contributed by atoms with Gasteiger partial charge in [0.1, 0.15) is 10.9 Å². The Morgan fingerprint density at radius 2 is 2.10 bits per heavy atom. The Kier molecular flexibility index (Phi) is 3.39.